The summed E-state index contributed by atoms with van der Waals surface area (Å²) < 4.78 is 6.65. The zero-order valence-corrected chi connectivity index (χ0v) is 18.9. The number of aromatic nitrogens is 2. The fraction of sp³-hybridized carbons (Fsp3) is 0.231. The van der Waals surface area contributed by atoms with Gasteiger partial charge in [-0.25, -0.2) is 9.78 Å². The molecule has 1 unspecified atom stereocenters. The number of benzene rings is 2. The van der Waals surface area contributed by atoms with Crippen LogP contribution in [0.5, 0.6) is 0 Å². The van der Waals surface area contributed by atoms with Gasteiger partial charge in [0.05, 0.1) is 12.7 Å². The second-order valence-electron chi connectivity index (χ2n) is 7.74. The molecular weight excluding hydrogens is 432 g/mol. The molecule has 1 aliphatic heterocycles. The summed E-state index contributed by atoms with van der Waals surface area (Å²) in [5.41, 5.74) is 2.33. The molecular formula is C26H24N4O4. The molecule has 2 aromatic carbocycles. The number of ether oxygens (including phenoxy) is 1. The zero-order valence-electron chi connectivity index (χ0n) is 18.9. The first kappa shape index (κ1) is 22.8. The molecule has 0 aliphatic carbocycles. The first-order valence-electron chi connectivity index (χ1n) is 10.8. The molecule has 34 heavy (non-hydrogen) atoms. The number of hydrogen-bond donors (Lipinski definition) is 1. The SMILES string of the molecule is CC#CC(=O)N1CCn2cc(C(=O)NCc3cccc(C(=O)OC)c3)nc2C1c1ccccc1. The largest absolute Gasteiger partial charge is 0.465 e. The van der Waals surface area contributed by atoms with E-state index in [-0.39, 0.29) is 24.1 Å². The Labute approximate surface area is 197 Å². The van der Waals surface area contributed by atoms with Crippen molar-refractivity contribution in [2.24, 2.45) is 0 Å². The molecule has 0 fully saturated rings. The Morgan fingerprint density at radius 2 is 1.91 bits per heavy atom. The third-order valence-corrected chi connectivity index (χ3v) is 5.59. The van der Waals surface area contributed by atoms with Gasteiger partial charge in [-0.1, -0.05) is 48.4 Å². The van der Waals surface area contributed by atoms with E-state index < -0.39 is 12.0 Å². The monoisotopic (exact) mass is 456 g/mol. The van der Waals surface area contributed by atoms with Gasteiger partial charge in [0, 0.05) is 25.8 Å². The molecule has 0 radical (unpaired) electrons. The minimum atomic E-state index is -0.443. The maximum absolute atomic E-state index is 12.9. The average molecular weight is 457 g/mol. The van der Waals surface area contributed by atoms with Crippen LogP contribution in [-0.4, -0.2) is 45.9 Å². The van der Waals surface area contributed by atoms with Crippen molar-refractivity contribution in [1.82, 2.24) is 19.8 Å². The number of carbonyl (C=O) groups is 3. The molecule has 2 amide bonds. The number of methoxy groups -OCH3 is 1. The molecule has 1 atom stereocenters. The van der Waals surface area contributed by atoms with Crippen molar-refractivity contribution in [2.75, 3.05) is 13.7 Å². The fourth-order valence-electron chi connectivity index (χ4n) is 3.98. The van der Waals surface area contributed by atoms with E-state index >= 15 is 0 Å². The van der Waals surface area contributed by atoms with E-state index in [4.69, 9.17) is 4.74 Å². The molecule has 8 heteroatoms. The first-order chi connectivity index (χ1) is 16.5. The van der Waals surface area contributed by atoms with Crippen LogP contribution in [0.4, 0.5) is 0 Å². The number of esters is 1. The van der Waals surface area contributed by atoms with Crippen molar-refractivity contribution in [3.05, 3.63) is 89.0 Å². The Bertz CT molecular complexity index is 1290. The predicted molar refractivity (Wildman–Crippen MR) is 125 cm³/mol. The Kier molecular flexibility index (Phi) is 6.74. The summed E-state index contributed by atoms with van der Waals surface area (Å²) in [6.07, 6.45) is 1.71. The average Bonchev–Trinajstić information content (AvgIpc) is 3.31. The summed E-state index contributed by atoms with van der Waals surface area (Å²) in [5.74, 6) is 4.84. The second-order valence-corrected chi connectivity index (χ2v) is 7.74. The highest BCUT2D eigenvalue weighted by atomic mass is 16.5. The highest BCUT2D eigenvalue weighted by Gasteiger charge is 2.34. The smallest absolute Gasteiger partial charge is 0.337 e. The minimum absolute atomic E-state index is 0.227. The summed E-state index contributed by atoms with van der Waals surface area (Å²) in [6, 6.07) is 16.0. The van der Waals surface area contributed by atoms with Crippen LogP contribution in [-0.2, 0) is 22.6 Å². The highest BCUT2D eigenvalue weighted by Crippen LogP contribution is 2.31. The molecule has 1 aliphatic rings. The normalized spacial score (nSPS) is 14.4. The summed E-state index contributed by atoms with van der Waals surface area (Å²) >= 11 is 0. The van der Waals surface area contributed by atoms with Gasteiger partial charge in [0.25, 0.3) is 11.8 Å². The van der Waals surface area contributed by atoms with Gasteiger partial charge in [0.2, 0.25) is 0 Å². The molecule has 0 spiro atoms. The van der Waals surface area contributed by atoms with Gasteiger partial charge in [0.15, 0.2) is 0 Å². The molecule has 0 saturated carbocycles. The van der Waals surface area contributed by atoms with E-state index in [0.717, 1.165) is 11.1 Å². The molecule has 1 N–H and O–H groups in total. The van der Waals surface area contributed by atoms with Crippen LogP contribution >= 0.6 is 0 Å². The highest BCUT2D eigenvalue weighted by molar-refractivity contribution is 5.94. The molecule has 1 aromatic heterocycles. The van der Waals surface area contributed by atoms with E-state index in [1.54, 1.807) is 36.2 Å². The lowest BCUT2D eigenvalue weighted by atomic mass is 10.0. The minimum Gasteiger partial charge on any atom is -0.465 e. The lowest BCUT2D eigenvalue weighted by Crippen LogP contribution is -2.42. The van der Waals surface area contributed by atoms with E-state index in [9.17, 15) is 14.4 Å². The van der Waals surface area contributed by atoms with Crippen LogP contribution in [0.15, 0.2) is 60.8 Å². The van der Waals surface area contributed by atoms with E-state index in [0.29, 0.717) is 24.5 Å². The number of hydrogen-bond acceptors (Lipinski definition) is 5. The fourth-order valence-corrected chi connectivity index (χ4v) is 3.98. The molecule has 0 bridgehead atoms. The number of nitrogens with zero attached hydrogens (tertiary/aromatic N) is 3. The summed E-state index contributed by atoms with van der Waals surface area (Å²) in [6.45, 7) is 2.82. The van der Waals surface area contributed by atoms with Crippen molar-refractivity contribution < 1.29 is 19.1 Å². The summed E-state index contributed by atoms with van der Waals surface area (Å²) in [4.78, 5) is 43.6. The number of rotatable bonds is 5. The summed E-state index contributed by atoms with van der Waals surface area (Å²) in [7, 11) is 1.32. The summed E-state index contributed by atoms with van der Waals surface area (Å²) in [5, 5.41) is 2.85. The van der Waals surface area contributed by atoms with Crippen LogP contribution in [0.1, 0.15) is 50.8 Å². The molecule has 8 nitrogen and oxygen atoms in total. The van der Waals surface area contributed by atoms with Crippen molar-refractivity contribution in [3.8, 4) is 11.8 Å². The second kappa shape index (κ2) is 10.0. The Morgan fingerprint density at radius 3 is 2.65 bits per heavy atom. The number of amides is 2. The van der Waals surface area contributed by atoms with Crippen LogP contribution in [0.3, 0.4) is 0 Å². The van der Waals surface area contributed by atoms with Crippen molar-refractivity contribution in [1.29, 1.82) is 0 Å². The lowest BCUT2D eigenvalue weighted by Gasteiger charge is -2.35. The maximum atomic E-state index is 12.9. The first-order valence-corrected chi connectivity index (χ1v) is 10.8. The standard InChI is InChI=1S/C26H24N4O4/c1-3-8-22(31)30-14-13-29-17-21(28-24(29)23(30)19-10-5-4-6-11-19)25(32)27-16-18-9-7-12-20(15-18)26(33)34-2/h4-7,9-12,15,17,23H,13-14,16H2,1-2H3,(H,27,32). The van der Waals surface area contributed by atoms with Crippen LogP contribution in [0, 0.1) is 11.8 Å². The number of imidazole rings is 1. The number of fused-ring (bicyclic) bond motifs is 1. The van der Waals surface area contributed by atoms with Gasteiger partial charge in [-0.05, 0) is 36.1 Å². The molecule has 172 valence electrons. The van der Waals surface area contributed by atoms with E-state index in [1.807, 2.05) is 41.0 Å². The third-order valence-electron chi connectivity index (χ3n) is 5.59. The third kappa shape index (κ3) is 4.69. The van der Waals surface area contributed by atoms with Gasteiger partial charge < -0.3 is 19.5 Å². The number of nitrogens with one attached hydrogen (secondary N) is 1. The molecule has 0 saturated heterocycles. The quantitative estimate of drug-likeness (QED) is 0.471. The van der Waals surface area contributed by atoms with Gasteiger partial charge >= 0.3 is 5.97 Å². The topological polar surface area (TPSA) is 93.5 Å². The van der Waals surface area contributed by atoms with E-state index in [1.165, 1.54) is 7.11 Å². The van der Waals surface area contributed by atoms with Crippen LogP contribution in [0.2, 0.25) is 0 Å². The lowest BCUT2D eigenvalue weighted by molar-refractivity contribution is -0.127. The molecule has 3 aromatic rings. The number of carbonyl (C=O) groups excluding carboxylic acids is 3. The van der Waals surface area contributed by atoms with Crippen molar-refractivity contribution in [3.63, 3.8) is 0 Å². The zero-order chi connectivity index (χ0) is 24.1. The van der Waals surface area contributed by atoms with Gasteiger partial charge in [0.1, 0.15) is 17.6 Å². The van der Waals surface area contributed by atoms with Crippen LogP contribution < -0.4 is 5.32 Å². The maximum Gasteiger partial charge on any atom is 0.337 e. The van der Waals surface area contributed by atoms with Gasteiger partial charge in [-0.2, -0.15) is 0 Å². The molecule has 2 heterocycles. The van der Waals surface area contributed by atoms with Crippen LogP contribution in [0.25, 0.3) is 0 Å². The Hall–Kier alpha value is -4.38. The van der Waals surface area contributed by atoms with Gasteiger partial charge in [-0.15, -0.1) is 0 Å². The predicted octanol–water partition coefficient (Wildman–Crippen LogP) is 2.55. The molecule has 4 rings (SSSR count). The Morgan fingerprint density at radius 1 is 1.12 bits per heavy atom. The Balaban J connectivity index is 1.57. The van der Waals surface area contributed by atoms with E-state index in [2.05, 4.69) is 22.1 Å². The van der Waals surface area contributed by atoms with Crippen molar-refractivity contribution in [2.45, 2.75) is 26.1 Å². The van der Waals surface area contributed by atoms with Gasteiger partial charge in [-0.3, -0.25) is 9.59 Å². The van der Waals surface area contributed by atoms with Crippen molar-refractivity contribution >= 4 is 17.8 Å².